The number of thioether (sulfide) groups is 1. The van der Waals surface area contributed by atoms with Gasteiger partial charge in [0, 0.05) is 24.1 Å². The van der Waals surface area contributed by atoms with E-state index in [4.69, 9.17) is 0 Å². The zero-order valence-electron chi connectivity index (χ0n) is 19.3. The lowest BCUT2D eigenvalue weighted by atomic mass is 10.1. The van der Waals surface area contributed by atoms with Crippen molar-refractivity contribution in [2.75, 3.05) is 5.75 Å². The van der Waals surface area contributed by atoms with Crippen molar-refractivity contribution in [3.8, 4) is 22.8 Å². The molecule has 0 spiro atoms. The number of hydrogen-bond acceptors (Lipinski definition) is 4. The molecular formula is C24H20F6N4OS. The largest absolute Gasteiger partial charge is 0.431 e. The van der Waals surface area contributed by atoms with E-state index in [2.05, 4.69) is 9.97 Å². The number of rotatable bonds is 5. The Morgan fingerprint density at radius 1 is 0.917 bits per heavy atom. The number of hydrogen-bond donors (Lipinski definition) is 0. The molecule has 5 nitrogen and oxygen atoms in total. The molecule has 0 aliphatic rings. The molecule has 36 heavy (non-hydrogen) atoms. The number of nitrogens with zero attached hydrogens (tertiary/aromatic N) is 4. The molecule has 0 saturated heterocycles. The number of pyridine rings is 2. The molecule has 0 unspecified atom stereocenters. The van der Waals surface area contributed by atoms with Crippen LogP contribution in [-0.2, 0) is 25.9 Å². The van der Waals surface area contributed by atoms with Crippen molar-refractivity contribution in [1.82, 2.24) is 19.1 Å². The van der Waals surface area contributed by atoms with Gasteiger partial charge in [-0.2, -0.15) is 26.3 Å². The number of imidazole rings is 1. The van der Waals surface area contributed by atoms with Gasteiger partial charge < -0.3 is 9.13 Å². The lowest BCUT2D eigenvalue weighted by molar-refractivity contribution is -0.144. The van der Waals surface area contributed by atoms with Crippen LogP contribution < -0.4 is 5.56 Å². The minimum absolute atomic E-state index is 0.00553. The van der Waals surface area contributed by atoms with Crippen molar-refractivity contribution in [2.24, 2.45) is 7.05 Å². The normalized spacial score (nSPS) is 12.5. The number of aryl methyl sites for hydroxylation is 1. The van der Waals surface area contributed by atoms with Gasteiger partial charge in [0.1, 0.15) is 16.9 Å². The van der Waals surface area contributed by atoms with E-state index in [1.807, 2.05) is 6.92 Å². The molecule has 4 aromatic rings. The molecule has 0 atom stereocenters. The number of benzene rings is 1. The molecule has 0 aliphatic heterocycles. The fraction of sp³-hybridized carbons (Fsp3) is 0.292. The van der Waals surface area contributed by atoms with E-state index in [1.54, 1.807) is 12.1 Å². The van der Waals surface area contributed by atoms with Gasteiger partial charge in [-0.25, -0.2) is 9.97 Å². The van der Waals surface area contributed by atoms with Crippen LogP contribution in [-0.4, -0.2) is 24.9 Å². The molecule has 0 fully saturated rings. The predicted molar refractivity (Wildman–Crippen MR) is 126 cm³/mol. The lowest BCUT2D eigenvalue weighted by Gasteiger charge is -2.14. The van der Waals surface area contributed by atoms with Crippen LogP contribution in [0.15, 0.2) is 52.2 Å². The Bertz CT molecular complexity index is 1490. The molecule has 12 heteroatoms. The summed E-state index contributed by atoms with van der Waals surface area (Å²) in [6, 6.07) is 8.72. The van der Waals surface area contributed by atoms with Crippen LogP contribution in [0.2, 0.25) is 0 Å². The van der Waals surface area contributed by atoms with Gasteiger partial charge in [-0.05, 0) is 43.0 Å². The average Bonchev–Trinajstić information content (AvgIpc) is 3.15. The van der Waals surface area contributed by atoms with Gasteiger partial charge >= 0.3 is 12.4 Å². The zero-order valence-corrected chi connectivity index (χ0v) is 20.1. The molecule has 1 aromatic carbocycles. The molecule has 0 aliphatic carbocycles. The predicted octanol–water partition coefficient (Wildman–Crippen LogP) is 6.63. The van der Waals surface area contributed by atoms with Crippen LogP contribution in [0.25, 0.3) is 33.8 Å². The van der Waals surface area contributed by atoms with Crippen LogP contribution >= 0.6 is 11.8 Å². The van der Waals surface area contributed by atoms with Crippen molar-refractivity contribution >= 4 is 22.8 Å². The van der Waals surface area contributed by atoms with E-state index in [0.717, 1.165) is 18.2 Å². The molecule has 0 saturated carbocycles. The fourth-order valence-electron chi connectivity index (χ4n) is 3.95. The maximum absolute atomic E-state index is 13.6. The summed E-state index contributed by atoms with van der Waals surface area (Å²) in [5, 5.41) is 0. The van der Waals surface area contributed by atoms with E-state index >= 15 is 0 Å². The Hall–Kier alpha value is -3.28. The summed E-state index contributed by atoms with van der Waals surface area (Å²) in [5.41, 5.74) is -1.76. The van der Waals surface area contributed by atoms with Crippen LogP contribution in [0.5, 0.6) is 0 Å². The first-order valence-corrected chi connectivity index (χ1v) is 11.8. The summed E-state index contributed by atoms with van der Waals surface area (Å²) in [5.74, 6) is 0.827. The Kier molecular flexibility index (Phi) is 6.67. The minimum atomic E-state index is -4.75. The van der Waals surface area contributed by atoms with Crippen molar-refractivity contribution in [3.05, 3.63) is 64.1 Å². The molecule has 0 N–H and O–H groups in total. The van der Waals surface area contributed by atoms with Gasteiger partial charge in [-0.3, -0.25) is 4.79 Å². The first kappa shape index (κ1) is 25.8. The third-order valence-electron chi connectivity index (χ3n) is 5.62. The first-order valence-electron chi connectivity index (χ1n) is 10.9. The third kappa shape index (κ3) is 4.61. The van der Waals surface area contributed by atoms with E-state index in [-0.39, 0.29) is 23.4 Å². The highest BCUT2D eigenvalue weighted by molar-refractivity contribution is 7.99. The van der Waals surface area contributed by atoms with E-state index in [9.17, 15) is 31.1 Å². The van der Waals surface area contributed by atoms with Gasteiger partial charge in [-0.1, -0.05) is 19.1 Å². The average molecular weight is 527 g/mol. The molecule has 0 amide bonds. The van der Waals surface area contributed by atoms with Crippen LogP contribution in [0, 0.1) is 0 Å². The van der Waals surface area contributed by atoms with Crippen molar-refractivity contribution < 1.29 is 26.3 Å². The summed E-state index contributed by atoms with van der Waals surface area (Å²) in [6.45, 7) is 3.18. The maximum atomic E-state index is 13.6. The Labute approximate surface area is 205 Å². The smallest absolute Gasteiger partial charge is 0.321 e. The molecule has 3 aromatic heterocycles. The number of alkyl halides is 6. The van der Waals surface area contributed by atoms with Crippen molar-refractivity contribution in [1.29, 1.82) is 0 Å². The fourth-order valence-corrected chi connectivity index (χ4v) is 4.70. The molecule has 4 rings (SSSR count). The lowest BCUT2D eigenvalue weighted by Crippen LogP contribution is -2.28. The summed E-state index contributed by atoms with van der Waals surface area (Å²) in [6.07, 6.45) is -9.22. The van der Waals surface area contributed by atoms with Gasteiger partial charge in [0.15, 0.2) is 5.82 Å². The van der Waals surface area contributed by atoms with Gasteiger partial charge in [-0.15, -0.1) is 11.8 Å². The quantitative estimate of drug-likeness (QED) is 0.216. The second kappa shape index (κ2) is 9.30. The van der Waals surface area contributed by atoms with E-state index in [0.29, 0.717) is 32.2 Å². The highest BCUT2D eigenvalue weighted by atomic mass is 32.2. The summed E-state index contributed by atoms with van der Waals surface area (Å²) in [7, 11) is 1.52. The van der Waals surface area contributed by atoms with Gasteiger partial charge in [0.25, 0.3) is 5.56 Å². The van der Waals surface area contributed by atoms with Crippen molar-refractivity contribution in [2.45, 2.75) is 37.6 Å². The molecule has 190 valence electrons. The Morgan fingerprint density at radius 3 is 2.14 bits per heavy atom. The van der Waals surface area contributed by atoms with Crippen LogP contribution in [0.4, 0.5) is 26.3 Å². The monoisotopic (exact) mass is 526 g/mol. The number of fused-ring (bicyclic) bond motifs is 1. The Balaban J connectivity index is 1.93. The molecule has 3 heterocycles. The number of halogens is 6. The minimum Gasteiger partial charge on any atom is -0.321 e. The standard InChI is InChI=1S/C24H20F6N4OS/c1-4-34-18(24(28,29)30)12-16-20(22(34)35)33(3)21(32-16)19-17(36-5-2)11-10-15(31-19)13-6-8-14(9-7-13)23(25,26)27/h6-12H,4-5H2,1-3H3. The SMILES string of the molecule is CCSc1ccc(-c2ccc(C(F)(F)F)cc2)nc1-c1nc2cc(C(F)(F)F)n(CC)c(=O)c2n1C. The van der Waals surface area contributed by atoms with Crippen molar-refractivity contribution in [3.63, 3.8) is 0 Å². The first-order chi connectivity index (χ1) is 16.9. The second-order valence-corrected chi connectivity index (χ2v) is 9.16. The maximum Gasteiger partial charge on any atom is 0.431 e. The Morgan fingerprint density at radius 2 is 1.58 bits per heavy atom. The van der Waals surface area contributed by atoms with Crippen LogP contribution in [0.1, 0.15) is 25.1 Å². The van der Waals surface area contributed by atoms with E-state index in [1.165, 1.54) is 42.4 Å². The molecule has 0 bridgehead atoms. The number of aromatic nitrogens is 4. The van der Waals surface area contributed by atoms with E-state index < -0.39 is 29.2 Å². The summed E-state index contributed by atoms with van der Waals surface area (Å²) < 4.78 is 81.7. The highest BCUT2D eigenvalue weighted by Crippen LogP contribution is 2.36. The molecular weight excluding hydrogens is 506 g/mol. The van der Waals surface area contributed by atoms with Gasteiger partial charge in [0.05, 0.1) is 16.8 Å². The topological polar surface area (TPSA) is 52.7 Å². The highest BCUT2D eigenvalue weighted by Gasteiger charge is 2.36. The third-order valence-corrected chi connectivity index (χ3v) is 6.55. The second-order valence-electron chi connectivity index (χ2n) is 7.86. The zero-order chi connectivity index (χ0) is 26.4. The summed E-state index contributed by atoms with van der Waals surface area (Å²) in [4.78, 5) is 22.6. The van der Waals surface area contributed by atoms with Crippen LogP contribution in [0.3, 0.4) is 0 Å². The summed E-state index contributed by atoms with van der Waals surface area (Å²) >= 11 is 1.42. The molecule has 0 radical (unpaired) electrons. The van der Waals surface area contributed by atoms with Gasteiger partial charge in [0.2, 0.25) is 0 Å².